The second-order valence-electron chi connectivity index (χ2n) is 22.0. The highest BCUT2D eigenvalue weighted by Gasteiger charge is 2.59. The Morgan fingerprint density at radius 3 is 2.06 bits per heavy atom. The molecule has 4 aliphatic carbocycles. The molecule has 0 heterocycles. The van der Waals surface area contributed by atoms with Crippen LogP contribution in [-0.4, -0.2) is 116 Å². The van der Waals surface area contributed by atoms with Crippen molar-refractivity contribution in [1.29, 1.82) is 0 Å². The van der Waals surface area contributed by atoms with E-state index in [9.17, 15) is 14.7 Å². The number of methoxy groups -OCH3 is 1. The van der Waals surface area contributed by atoms with Crippen LogP contribution in [0.25, 0.3) is 0 Å². The van der Waals surface area contributed by atoms with Crippen molar-refractivity contribution in [1.82, 2.24) is 5.32 Å². The van der Waals surface area contributed by atoms with E-state index in [0.29, 0.717) is 90.0 Å². The Balaban J connectivity index is 0.0000122. The number of aliphatic hydroxyl groups excluding tert-OH is 1. The van der Waals surface area contributed by atoms with Crippen molar-refractivity contribution in [2.75, 3.05) is 86.3 Å². The van der Waals surface area contributed by atoms with Gasteiger partial charge in [-0.3, -0.25) is 4.79 Å². The zero-order chi connectivity index (χ0) is 48.2. The second kappa shape index (κ2) is 34.7. The SMILES string of the molecule is C.COCCCCCCCCCC(=O)CCCCOCC(CO)OCCCOCCOCCOCCCNC(=O)O[C@@H]1CC[C@]2(C)C(=CCC3C4CCC([C@@H](C)CCCC(C)C)[C@]4(C)CCC32)C1. The fraction of sp³-hybridized carbons (Fsp3) is 0.930. The lowest BCUT2D eigenvalue weighted by molar-refractivity contribution is -0.119. The monoisotopic (exact) mass is 964 g/mol. The number of carbonyl (C=O) groups excluding carboxylic acids is 2. The van der Waals surface area contributed by atoms with Crippen LogP contribution in [-0.2, 0) is 38.0 Å². The maximum Gasteiger partial charge on any atom is 0.407 e. The van der Waals surface area contributed by atoms with Gasteiger partial charge in [-0.1, -0.05) is 105 Å². The van der Waals surface area contributed by atoms with Crippen LogP contribution in [0, 0.1) is 46.3 Å². The summed E-state index contributed by atoms with van der Waals surface area (Å²) in [5.74, 6) is 5.34. The summed E-state index contributed by atoms with van der Waals surface area (Å²) in [4.78, 5) is 24.9. The van der Waals surface area contributed by atoms with Gasteiger partial charge in [0.15, 0.2) is 0 Å². The summed E-state index contributed by atoms with van der Waals surface area (Å²) in [6, 6.07) is 0. The molecule has 0 spiro atoms. The Labute approximate surface area is 416 Å². The molecule has 0 aromatic carbocycles. The van der Waals surface area contributed by atoms with Gasteiger partial charge in [-0.05, 0) is 130 Å². The van der Waals surface area contributed by atoms with E-state index in [4.69, 9.17) is 33.2 Å². The molecule has 68 heavy (non-hydrogen) atoms. The van der Waals surface area contributed by atoms with Gasteiger partial charge in [0.2, 0.25) is 0 Å². The average Bonchev–Trinajstić information content (AvgIpc) is 3.67. The lowest BCUT2D eigenvalue weighted by atomic mass is 9.47. The van der Waals surface area contributed by atoms with E-state index in [1.54, 1.807) is 12.7 Å². The van der Waals surface area contributed by atoms with Gasteiger partial charge in [0.25, 0.3) is 0 Å². The van der Waals surface area contributed by atoms with Crippen molar-refractivity contribution in [3.63, 3.8) is 0 Å². The third-order valence-electron chi connectivity index (χ3n) is 16.6. The first kappa shape index (κ1) is 60.7. The third-order valence-corrected chi connectivity index (χ3v) is 16.6. The quantitative estimate of drug-likeness (QED) is 0.0453. The molecular formula is C57H105NO10. The van der Waals surface area contributed by atoms with Gasteiger partial charge in [-0.15, -0.1) is 0 Å². The summed E-state index contributed by atoms with van der Waals surface area (Å²) >= 11 is 0. The van der Waals surface area contributed by atoms with Gasteiger partial charge < -0.3 is 43.6 Å². The van der Waals surface area contributed by atoms with Gasteiger partial charge >= 0.3 is 6.09 Å². The molecule has 11 nitrogen and oxygen atoms in total. The molecule has 0 bridgehead atoms. The van der Waals surface area contributed by atoms with Crippen LogP contribution >= 0.6 is 0 Å². The van der Waals surface area contributed by atoms with Crippen molar-refractivity contribution in [3.8, 4) is 0 Å². The van der Waals surface area contributed by atoms with Gasteiger partial charge in [0.05, 0.1) is 39.6 Å². The molecule has 398 valence electrons. The number of hydrogen-bond donors (Lipinski definition) is 2. The number of ketones is 1. The number of Topliss-reactive ketones (excluding diaryl/α,β-unsaturated/α-hetero) is 1. The van der Waals surface area contributed by atoms with Crippen LogP contribution in [0.1, 0.15) is 196 Å². The number of unbranched alkanes of at least 4 members (excludes halogenated alkanes) is 7. The fourth-order valence-corrected chi connectivity index (χ4v) is 12.7. The zero-order valence-electron chi connectivity index (χ0n) is 43.8. The van der Waals surface area contributed by atoms with E-state index in [2.05, 4.69) is 46.0 Å². The molecule has 11 heteroatoms. The van der Waals surface area contributed by atoms with Crippen LogP contribution in [0.15, 0.2) is 11.6 Å². The first-order chi connectivity index (χ1) is 32.5. The molecule has 5 unspecified atom stereocenters. The molecule has 4 aliphatic rings. The Morgan fingerprint density at radius 1 is 0.706 bits per heavy atom. The van der Waals surface area contributed by atoms with Crippen LogP contribution in [0.5, 0.6) is 0 Å². The van der Waals surface area contributed by atoms with E-state index in [-0.39, 0.29) is 37.7 Å². The minimum absolute atomic E-state index is 0. The topological polar surface area (TPSA) is 131 Å². The lowest BCUT2D eigenvalue weighted by Gasteiger charge is -2.58. The van der Waals surface area contributed by atoms with Crippen molar-refractivity contribution in [3.05, 3.63) is 11.6 Å². The zero-order valence-corrected chi connectivity index (χ0v) is 43.8. The van der Waals surface area contributed by atoms with Crippen LogP contribution in [0.4, 0.5) is 4.79 Å². The van der Waals surface area contributed by atoms with Gasteiger partial charge in [0.1, 0.15) is 18.0 Å². The molecule has 2 N–H and O–H groups in total. The normalized spacial score (nSPS) is 26.3. The number of allylic oxidation sites excluding steroid dienone is 1. The number of rotatable bonds is 39. The van der Waals surface area contributed by atoms with E-state index in [0.717, 1.165) is 106 Å². The summed E-state index contributed by atoms with van der Waals surface area (Å²) in [7, 11) is 1.75. The predicted molar refractivity (Wildman–Crippen MR) is 275 cm³/mol. The predicted octanol–water partition coefficient (Wildman–Crippen LogP) is 12.5. The average molecular weight is 964 g/mol. The highest BCUT2D eigenvalue weighted by atomic mass is 16.6. The Hall–Kier alpha value is -1.60. The molecule has 0 radical (unpaired) electrons. The molecular weight excluding hydrogens is 859 g/mol. The number of fused-ring (bicyclic) bond motifs is 5. The van der Waals surface area contributed by atoms with Crippen molar-refractivity contribution in [2.24, 2.45) is 46.3 Å². The Morgan fingerprint density at radius 2 is 1.35 bits per heavy atom. The maximum absolute atomic E-state index is 12.8. The highest BCUT2D eigenvalue weighted by molar-refractivity contribution is 5.78. The van der Waals surface area contributed by atoms with E-state index in [1.807, 2.05) is 0 Å². The Bertz CT molecular complexity index is 1360. The molecule has 0 saturated heterocycles. The largest absolute Gasteiger partial charge is 0.446 e. The van der Waals surface area contributed by atoms with E-state index < -0.39 is 0 Å². The van der Waals surface area contributed by atoms with E-state index >= 15 is 0 Å². The van der Waals surface area contributed by atoms with Gasteiger partial charge in [-0.2, -0.15) is 0 Å². The number of carbonyl (C=O) groups is 2. The summed E-state index contributed by atoms with van der Waals surface area (Å²) in [5, 5.41) is 12.6. The molecule has 0 aliphatic heterocycles. The van der Waals surface area contributed by atoms with Crippen LogP contribution in [0.3, 0.4) is 0 Å². The standard InChI is InChI=1S/C56H101NO10.CH4/c1-44(2)19-16-20-45(3)51-25-26-52-50-24-23-46-41-48(27-29-55(46,4)53(50)28-30-56(51,52)5)67-54(60)57-31-17-34-62-37-39-64-40-38-63-35-18-36-66-49(42-58)43-65-33-15-13-22-47(59)21-12-10-8-7-9-11-14-32-61-6;/h23,44-45,48-53,58H,7-22,24-43H2,1-6H3,(H,57,60);1H4/t45-,48+,49?,50?,51?,52?,53?,55+,56-;/m0./s1. The molecule has 3 fully saturated rings. The number of nitrogens with one attached hydrogen (secondary N) is 1. The van der Waals surface area contributed by atoms with Crippen LogP contribution in [0.2, 0.25) is 0 Å². The van der Waals surface area contributed by atoms with Gasteiger partial charge in [-0.25, -0.2) is 4.79 Å². The summed E-state index contributed by atoms with van der Waals surface area (Å²) in [5.41, 5.74) is 2.32. The van der Waals surface area contributed by atoms with Crippen molar-refractivity contribution in [2.45, 2.75) is 208 Å². The molecule has 0 aromatic heterocycles. The van der Waals surface area contributed by atoms with Gasteiger partial charge in [0, 0.05) is 66.0 Å². The lowest BCUT2D eigenvalue weighted by Crippen LogP contribution is -2.51. The fourth-order valence-electron chi connectivity index (χ4n) is 12.7. The smallest absolute Gasteiger partial charge is 0.407 e. The highest BCUT2D eigenvalue weighted by Crippen LogP contribution is 2.67. The first-order valence-electron chi connectivity index (χ1n) is 27.7. The molecule has 3 saturated carbocycles. The number of aliphatic hydroxyl groups is 1. The number of hydrogen-bond acceptors (Lipinski definition) is 10. The van der Waals surface area contributed by atoms with Crippen molar-refractivity contribution >= 4 is 11.9 Å². The molecule has 1 amide bonds. The second-order valence-corrected chi connectivity index (χ2v) is 22.0. The minimum atomic E-state index is -0.358. The molecule has 0 aromatic rings. The van der Waals surface area contributed by atoms with Crippen molar-refractivity contribution < 1.29 is 47.9 Å². The molecule has 4 rings (SSSR count). The van der Waals surface area contributed by atoms with Crippen LogP contribution < -0.4 is 5.32 Å². The Kier molecular flexibility index (Phi) is 31.0. The summed E-state index contributed by atoms with van der Waals surface area (Å²) < 4.78 is 39.5. The number of alkyl carbamates (subject to hydrolysis) is 1. The third kappa shape index (κ3) is 21.2. The number of ether oxygens (including phenoxy) is 7. The maximum atomic E-state index is 12.8. The number of amides is 1. The van der Waals surface area contributed by atoms with E-state index in [1.165, 1.54) is 77.0 Å². The summed E-state index contributed by atoms with van der Waals surface area (Å²) in [6.07, 6.45) is 28.5. The minimum Gasteiger partial charge on any atom is -0.446 e. The molecule has 9 atom stereocenters. The summed E-state index contributed by atoms with van der Waals surface area (Å²) in [6.45, 7) is 18.3. The first-order valence-corrected chi connectivity index (χ1v) is 27.7.